The number of methoxy groups -OCH3 is 1. The van der Waals surface area contributed by atoms with E-state index in [0.717, 1.165) is 25.3 Å². The van der Waals surface area contributed by atoms with Crippen LogP contribution in [0.2, 0.25) is 0 Å². The molecule has 0 aliphatic rings. The molecule has 0 spiro atoms. The van der Waals surface area contributed by atoms with Gasteiger partial charge in [0.15, 0.2) is 0 Å². The minimum absolute atomic E-state index is 0.365. The Morgan fingerprint density at radius 2 is 2.24 bits per heavy atom. The fourth-order valence-corrected chi connectivity index (χ4v) is 2.13. The molecule has 2 atom stereocenters. The van der Waals surface area contributed by atoms with Crippen LogP contribution < -0.4 is 5.32 Å². The van der Waals surface area contributed by atoms with E-state index in [9.17, 15) is 0 Å². The Morgan fingerprint density at radius 3 is 2.82 bits per heavy atom. The van der Waals surface area contributed by atoms with Crippen LogP contribution in [0.1, 0.15) is 37.6 Å². The van der Waals surface area contributed by atoms with Crippen LogP contribution in [0, 0.1) is 12.8 Å². The highest BCUT2D eigenvalue weighted by molar-refractivity contribution is 5.23. The fraction of sp³-hybridized carbons (Fsp3) is 0.643. The first-order valence-corrected chi connectivity index (χ1v) is 6.34. The SMILES string of the molecule is CCNC(c1cccnc1C)C(C)CCOC. The minimum Gasteiger partial charge on any atom is -0.385 e. The van der Waals surface area contributed by atoms with Crippen molar-refractivity contribution in [1.29, 1.82) is 0 Å². The largest absolute Gasteiger partial charge is 0.385 e. The van der Waals surface area contributed by atoms with Crippen LogP contribution in [-0.4, -0.2) is 25.2 Å². The van der Waals surface area contributed by atoms with Crippen LogP contribution in [0.4, 0.5) is 0 Å². The molecule has 0 amide bonds. The number of hydrogen-bond donors (Lipinski definition) is 1. The van der Waals surface area contributed by atoms with E-state index >= 15 is 0 Å². The van der Waals surface area contributed by atoms with Gasteiger partial charge in [0, 0.05) is 31.6 Å². The van der Waals surface area contributed by atoms with Crippen LogP contribution in [0.3, 0.4) is 0 Å². The molecule has 1 aromatic heterocycles. The molecule has 1 rings (SSSR count). The maximum Gasteiger partial charge on any atom is 0.0465 e. The Balaban J connectivity index is 2.81. The molecule has 1 heterocycles. The molecule has 96 valence electrons. The van der Waals surface area contributed by atoms with Crippen molar-refractivity contribution in [2.75, 3.05) is 20.3 Å². The van der Waals surface area contributed by atoms with E-state index in [1.807, 2.05) is 12.3 Å². The summed E-state index contributed by atoms with van der Waals surface area (Å²) in [5.41, 5.74) is 2.42. The molecule has 0 aliphatic heterocycles. The summed E-state index contributed by atoms with van der Waals surface area (Å²) in [6.45, 7) is 8.25. The van der Waals surface area contributed by atoms with E-state index in [-0.39, 0.29) is 0 Å². The first-order valence-electron chi connectivity index (χ1n) is 6.34. The molecule has 17 heavy (non-hydrogen) atoms. The molecule has 0 fully saturated rings. The molecule has 0 aliphatic carbocycles. The Hall–Kier alpha value is -0.930. The number of rotatable bonds is 7. The van der Waals surface area contributed by atoms with Crippen LogP contribution in [-0.2, 0) is 4.74 Å². The summed E-state index contributed by atoms with van der Waals surface area (Å²) in [7, 11) is 1.75. The topological polar surface area (TPSA) is 34.2 Å². The van der Waals surface area contributed by atoms with E-state index in [2.05, 4.69) is 37.1 Å². The highest BCUT2D eigenvalue weighted by Crippen LogP contribution is 2.25. The van der Waals surface area contributed by atoms with Gasteiger partial charge in [0.1, 0.15) is 0 Å². The van der Waals surface area contributed by atoms with Crippen LogP contribution >= 0.6 is 0 Å². The van der Waals surface area contributed by atoms with Gasteiger partial charge < -0.3 is 10.1 Å². The molecular weight excluding hydrogens is 212 g/mol. The lowest BCUT2D eigenvalue weighted by molar-refractivity contribution is 0.170. The van der Waals surface area contributed by atoms with Crippen LogP contribution in [0.15, 0.2) is 18.3 Å². The summed E-state index contributed by atoms with van der Waals surface area (Å²) in [5.74, 6) is 0.540. The lowest BCUT2D eigenvalue weighted by Gasteiger charge is -2.26. The Kier molecular flexibility index (Phi) is 6.16. The molecule has 2 unspecified atom stereocenters. The van der Waals surface area contributed by atoms with Crippen molar-refractivity contribution in [1.82, 2.24) is 10.3 Å². The molecule has 0 aromatic carbocycles. The zero-order chi connectivity index (χ0) is 12.7. The predicted octanol–water partition coefficient (Wildman–Crippen LogP) is 2.71. The second kappa shape index (κ2) is 7.41. The maximum atomic E-state index is 5.16. The third kappa shape index (κ3) is 4.10. The molecule has 0 radical (unpaired) electrons. The van der Waals surface area contributed by atoms with Crippen molar-refractivity contribution in [2.24, 2.45) is 5.92 Å². The van der Waals surface area contributed by atoms with E-state index < -0.39 is 0 Å². The fourth-order valence-electron chi connectivity index (χ4n) is 2.13. The molecule has 0 bridgehead atoms. The molecule has 3 nitrogen and oxygen atoms in total. The summed E-state index contributed by atoms with van der Waals surface area (Å²) in [4.78, 5) is 4.37. The molecule has 0 saturated carbocycles. The zero-order valence-electron chi connectivity index (χ0n) is 11.4. The summed E-state index contributed by atoms with van der Waals surface area (Å²) in [6.07, 6.45) is 2.91. The second-order valence-electron chi connectivity index (χ2n) is 4.47. The van der Waals surface area contributed by atoms with Crippen LogP contribution in [0.25, 0.3) is 0 Å². The zero-order valence-corrected chi connectivity index (χ0v) is 11.4. The first kappa shape index (κ1) is 14.1. The third-order valence-corrected chi connectivity index (χ3v) is 3.15. The number of aromatic nitrogens is 1. The quantitative estimate of drug-likeness (QED) is 0.790. The summed E-state index contributed by atoms with van der Waals surface area (Å²) in [5, 5.41) is 3.55. The van der Waals surface area contributed by atoms with Gasteiger partial charge >= 0.3 is 0 Å². The van der Waals surface area contributed by atoms with E-state index in [1.165, 1.54) is 5.56 Å². The van der Waals surface area contributed by atoms with Crippen molar-refractivity contribution in [2.45, 2.75) is 33.2 Å². The number of nitrogens with one attached hydrogen (secondary N) is 1. The van der Waals surface area contributed by atoms with E-state index in [4.69, 9.17) is 4.74 Å². The normalized spacial score (nSPS) is 14.6. The van der Waals surface area contributed by atoms with E-state index in [0.29, 0.717) is 12.0 Å². The van der Waals surface area contributed by atoms with Gasteiger partial charge in [-0.05, 0) is 37.4 Å². The van der Waals surface area contributed by atoms with Gasteiger partial charge in [-0.1, -0.05) is 19.9 Å². The molecule has 3 heteroatoms. The number of aryl methyl sites for hydroxylation is 1. The molecular formula is C14H24N2O. The van der Waals surface area contributed by atoms with Crippen molar-refractivity contribution in [3.63, 3.8) is 0 Å². The molecule has 1 aromatic rings. The van der Waals surface area contributed by atoms with Crippen LogP contribution in [0.5, 0.6) is 0 Å². The molecule has 1 N–H and O–H groups in total. The van der Waals surface area contributed by atoms with Gasteiger partial charge in [0.05, 0.1) is 0 Å². The average Bonchev–Trinajstić information content (AvgIpc) is 2.34. The number of pyridine rings is 1. The van der Waals surface area contributed by atoms with Gasteiger partial charge in [-0.3, -0.25) is 4.98 Å². The average molecular weight is 236 g/mol. The van der Waals surface area contributed by atoms with Gasteiger partial charge in [-0.2, -0.15) is 0 Å². The summed E-state index contributed by atoms with van der Waals surface area (Å²) in [6, 6.07) is 4.54. The van der Waals surface area contributed by atoms with Gasteiger partial charge in [0.2, 0.25) is 0 Å². The van der Waals surface area contributed by atoms with Gasteiger partial charge in [-0.15, -0.1) is 0 Å². The smallest absolute Gasteiger partial charge is 0.0465 e. The summed E-state index contributed by atoms with van der Waals surface area (Å²) < 4.78 is 5.16. The van der Waals surface area contributed by atoms with Crippen molar-refractivity contribution in [3.8, 4) is 0 Å². The van der Waals surface area contributed by atoms with Gasteiger partial charge in [-0.25, -0.2) is 0 Å². The van der Waals surface area contributed by atoms with Crippen molar-refractivity contribution < 1.29 is 4.74 Å². The summed E-state index contributed by atoms with van der Waals surface area (Å²) >= 11 is 0. The van der Waals surface area contributed by atoms with Crippen molar-refractivity contribution >= 4 is 0 Å². The number of ether oxygens (including phenoxy) is 1. The lowest BCUT2D eigenvalue weighted by atomic mass is 9.91. The lowest BCUT2D eigenvalue weighted by Crippen LogP contribution is -2.28. The second-order valence-corrected chi connectivity index (χ2v) is 4.47. The Labute approximate surface area is 105 Å². The monoisotopic (exact) mass is 236 g/mol. The number of hydrogen-bond acceptors (Lipinski definition) is 3. The standard InChI is InChI=1S/C14H24N2O/c1-5-15-14(11(2)8-10-17-4)13-7-6-9-16-12(13)3/h6-7,9,11,14-15H,5,8,10H2,1-4H3. The Bertz CT molecular complexity index is 328. The highest BCUT2D eigenvalue weighted by atomic mass is 16.5. The first-order chi connectivity index (χ1) is 8.20. The van der Waals surface area contributed by atoms with Gasteiger partial charge in [0.25, 0.3) is 0 Å². The minimum atomic E-state index is 0.365. The molecule has 0 saturated heterocycles. The predicted molar refractivity (Wildman–Crippen MR) is 71.0 cm³/mol. The maximum absolute atomic E-state index is 5.16. The third-order valence-electron chi connectivity index (χ3n) is 3.15. The number of nitrogens with zero attached hydrogens (tertiary/aromatic N) is 1. The Morgan fingerprint density at radius 1 is 1.47 bits per heavy atom. The van der Waals surface area contributed by atoms with E-state index in [1.54, 1.807) is 7.11 Å². The van der Waals surface area contributed by atoms with Crippen molar-refractivity contribution in [3.05, 3.63) is 29.6 Å². The highest BCUT2D eigenvalue weighted by Gasteiger charge is 2.19.